The number of ketones is 1. The first-order valence-corrected chi connectivity index (χ1v) is 4.33. The molecule has 2 heteroatoms. The lowest BCUT2D eigenvalue weighted by molar-refractivity contribution is 0.104. The summed E-state index contributed by atoms with van der Waals surface area (Å²) in [6.07, 6.45) is 2.96. The van der Waals surface area contributed by atoms with Crippen LogP contribution in [0.4, 0.5) is 0 Å². The molecular weight excluding hydrogens is 174 g/mol. The van der Waals surface area contributed by atoms with Gasteiger partial charge >= 0.3 is 0 Å². The first-order valence-electron chi connectivity index (χ1n) is 4.33. The van der Waals surface area contributed by atoms with Gasteiger partial charge in [0, 0.05) is 17.1 Å². The first-order chi connectivity index (χ1) is 6.83. The van der Waals surface area contributed by atoms with E-state index >= 15 is 0 Å². The summed E-state index contributed by atoms with van der Waals surface area (Å²) in [5, 5.41) is 0.875. The van der Waals surface area contributed by atoms with Crippen LogP contribution in [-0.4, -0.2) is 10.8 Å². The number of carbonyl (C=O) groups is 1. The zero-order chi connectivity index (χ0) is 9.97. The Kier molecular flexibility index (Phi) is 2.11. The number of rotatable bonds is 2. The van der Waals surface area contributed by atoms with Crippen molar-refractivity contribution in [1.29, 1.82) is 0 Å². The van der Waals surface area contributed by atoms with Gasteiger partial charge in [-0.2, -0.15) is 0 Å². The Morgan fingerprint density at radius 1 is 1.29 bits per heavy atom. The van der Waals surface area contributed by atoms with E-state index < -0.39 is 0 Å². The number of para-hydroxylation sites is 1. The van der Waals surface area contributed by atoms with Gasteiger partial charge in [0.25, 0.3) is 0 Å². The van der Waals surface area contributed by atoms with Crippen LogP contribution in [0.5, 0.6) is 0 Å². The third kappa shape index (κ3) is 1.31. The van der Waals surface area contributed by atoms with Crippen molar-refractivity contribution in [2.24, 2.45) is 0 Å². The molecule has 1 aromatic heterocycles. The lowest BCUT2D eigenvalue weighted by Crippen LogP contribution is -1.95. The molecule has 1 heterocycles. The second kappa shape index (κ2) is 3.42. The van der Waals surface area contributed by atoms with Crippen LogP contribution in [0.25, 0.3) is 10.9 Å². The van der Waals surface area contributed by atoms with Crippen molar-refractivity contribution in [3.63, 3.8) is 0 Å². The van der Waals surface area contributed by atoms with Gasteiger partial charge in [-0.05, 0) is 18.2 Å². The lowest BCUT2D eigenvalue weighted by atomic mass is 10.1. The zero-order valence-corrected chi connectivity index (χ0v) is 7.60. The standard InChI is InChI=1S/C12H9NO/c1-2-12(14)10-7-8-13-11-6-4-3-5-9(10)11/h2-8H,1H2. The average molecular weight is 183 g/mol. The summed E-state index contributed by atoms with van der Waals surface area (Å²) in [6, 6.07) is 9.28. The lowest BCUT2D eigenvalue weighted by Gasteiger charge is -2.01. The van der Waals surface area contributed by atoms with Gasteiger partial charge in [0.1, 0.15) is 0 Å². The maximum atomic E-state index is 11.5. The summed E-state index contributed by atoms with van der Waals surface area (Å²) in [5.41, 5.74) is 1.49. The fourth-order valence-electron chi connectivity index (χ4n) is 1.42. The van der Waals surface area contributed by atoms with Gasteiger partial charge < -0.3 is 0 Å². The molecule has 0 bridgehead atoms. The average Bonchev–Trinajstić information content (AvgIpc) is 2.27. The van der Waals surface area contributed by atoms with Crippen LogP contribution in [0.15, 0.2) is 49.2 Å². The summed E-state index contributed by atoms with van der Waals surface area (Å²) in [6.45, 7) is 3.47. The van der Waals surface area contributed by atoms with E-state index in [1.807, 2.05) is 24.3 Å². The first kappa shape index (κ1) is 8.63. The number of nitrogens with zero attached hydrogens (tertiary/aromatic N) is 1. The summed E-state index contributed by atoms with van der Waals surface area (Å²) in [7, 11) is 0. The summed E-state index contributed by atoms with van der Waals surface area (Å²) in [5.74, 6) is -0.0661. The fraction of sp³-hybridized carbons (Fsp3) is 0. The van der Waals surface area contributed by atoms with Crippen LogP contribution in [0, 0.1) is 0 Å². The highest BCUT2D eigenvalue weighted by Crippen LogP contribution is 2.16. The minimum Gasteiger partial charge on any atom is -0.289 e. The van der Waals surface area contributed by atoms with Gasteiger partial charge in [-0.25, -0.2) is 0 Å². The molecular formula is C12H9NO. The second-order valence-electron chi connectivity index (χ2n) is 2.94. The van der Waals surface area contributed by atoms with Crippen LogP contribution in [0.3, 0.4) is 0 Å². The molecule has 0 spiro atoms. The van der Waals surface area contributed by atoms with Gasteiger partial charge in [0.15, 0.2) is 5.78 Å². The largest absolute Gasteiger partial charge is 0.289 e. The molecule has 0 aliphatic carbocycles. The number of fused-ring (bicyclic) bond motifs is 1. The second-order valence-corrected chi connectivity index (χ2v) is 2.94. The fourth-order valence-corrected chi connectivity index (χ4v) is 1.42. The van der Waals surface area contributed by atoms with Crippen molar-refractivity contribution in [3.05, 3.63) is 54.7 Å². The van der Waals surface area contributed by atoms with Crippen molar-refractivity contribution in [2.45, 2.75) is 0 Å². The van der Waals surface area contributed by atoms with E-state index in [1.165, 1.54) is 6.08 Å². The Morgan fingerprint density at radius 2 is 2.07 bits per heavy atom. The molecule has 0 aliphatic heterocycles. The van der Waals surface area contributed by atoms with Gasteiger partial charge in [-0.3, -0.25) is 9.78 Å². The molecule has 0 fully saturated rings. The molecule has 2 aromatic rings. The maximum Gasteiger partial charge on any atom is 0.185 e. The third-order valence-corrected chi connectivity index (χ3v) is 2.10. The van der Waals surface area contributed by atoms with Gasteiger partial charge in [-0.1, -0.05) is 24.8 Å². The van der Waals surface area contributed by atoms with Gasteiger partial charge in [0.05, 0.1) is 5.52 Å². The predicted molar refractivity (Wildman–Crippen MR) is 56.3 cm³/mol. The number of benzene rings is 1. The minimum absolute atomic E-state index is 0.0661. The van der Waals surface area contributed by atoms with E-state index in [9.17, 15) is 4.79 Å². The Labute approximate surface area is 81.9 Å². The highest BCUT2D eigenvalue weighted by atomic mass is 16.1. The Hall–Kier alpha value is -1.96. The van der Waals surface area contributed by atoms with E-state index in [1.54, 1.807) is 12.3 Å². The molecule has 2 nitrogen and oxygen atoms in total. The van der Waals surface area contributed by atoms with E-state index in [0.717, 1.165) is 10.9 Å². The number of hydrogen-bond donors (Lipinski definition) is 0. The van der Waals surface area contributed by atoms with E-state index in [2.05, 4.69) is 11.6 Å². The van der Waals surface area contributed by atoms with Crippen LogP contribution in [0.1, 0.15) is 10.4 Å². The molecule has 14 heavy (non-hydrogen) atoms. The molecule has 0 N–H and O–H groups in total. The molecule has 68 valence electrons. The monoisotopic (exact) mass is 183 g/mol. The van der Waals surface area contributed by atoms with Crippen molar-refractivity contribution in [2.75, 3.05) is 0 Å². The molecule has 0 aliphatic rings. The van der Waals surface area contributed by atoms with Crippen LogP contribution in [-0.2, 0) is 0 Å². The number of hydrogen-bond acceptors (Lipinski definition) is 2. The molecule has 2 rings (SSSR count). The minimum atomic E-state index is -0.0661. The number of pyridine rings is 1. The van der Waals surface area contributed by atoms with Crippen molar-refractivity contribution < 1.29 is 4.79 Å². The van der Waals surface area contributed by atoms with Gasteiger partial charge in [0.2, 0.25) is 0 Å². The number of aromatic nitrogens is 1. The van der Waals surface area contributed by atoms with E-state index in [0.29, 0.717) is 5.56 Å². The molecule has 0 atom stereocenters. The normalized spacial score (nSPS) is 10.0. The Morgan fingerprint density at radius 3 is 2.86 bits per heavy atom. The predicted octanol–water partition coefficient (Wildman–Crippen LogP) is 2.60. The third-order valence-electron chi connectivity index (χ3n) is 2.10. The highest BCUT2D eigenvalue weighted by molar-refractivity contribution is 6.12. The Balaban J connectivity index is 2.77. The SMILES string of the molecule is C=CC(=O)c1ccnc2ccccc12. The zero-order valence-electron chi connectivity index (χ0n) is 7.60. The van der Waals surface area contributed by atoms with Crippen LogP contribution in [0.2, 0.25) is 0 Å². The molecule has 0 unspecified atom stereocenters. The molecule has 0 amide bonds. The molecule has 0 saturated heterocycles. The molecule has 0 saturated carbocycles. The quantitative estimate of drug-likeness (QED) is 0.529. The summed E-state index contributed by atoms with van der Waals surface area (Å²) < 4.78 is 0. The van der Waals surface area contributed by atoms with E-state index in [4.69, 9.17) is 0 Å². The van der Waals surface area contributed by atoms with Crippen LogP contribution >= 0.6 is 0 Å². The summed E-state index contributed by atoms with van der Waals surface area (Å²) >= 11 is 0. The van der Waals surface area contributed by atoms with Crippen molar-refractivity contribution in [3.8, 4) is 0 Å². The molecule has 1 aromatic carbocycles. The smallest absolute Gasteiger partial charge is 0.185 e. The van der Waals surface area contributed by atoms with E-state index in [-0.39, 0.29) is 5.78 Å². The van der Waals surface area contributed by atoms with Crippen molar-refractivity contribution in [1.82, 2.24) is 4.98 Å². The number of allylic oxidation sites excluding steroid dienone is 1. The maximum absolute atomic E-state index is 11.5. The molecule has 0 radical (unpaired) electrons. The highest BCUT2D eigenvalue weighted by Gasteiger charge is 2.05. The topological polar surface area (TPSA) is 30.0 Å². The van der Waals surface area contributed by atoms with Crippen LogP contribution < -0.4 is 0 Å². The summed E-state index contributed by atoms with van der Waals surface area (Å²) in [4.78, 5) is 15.7. The number of carbonyl (C=O) groups excluding carboxylic acids is 1. The van der Waals surface area contributed by atoms with Gasteiger partial charge in [-0.15, -0.1) is 0 Å². The van der Waals surface area contributed by atoms with Crippen molar-refractivity contribution >= 4 is 16.7 Å². The Bertz CT molecular complexity index is 497.